The monoisotopic (exact) mass is 350 g/mol. The molecule has 2 rings (SSSR count). The van der Waals surface area contributed by atoms with Gasteiger partial charge in [-0.25, -0.2) is 4.98 Å². The van der Waals surface area contributed by atoms with E-state index in [1.165, 1.54) is 0 Å². The quantitative estimate of drug-likeness (QED) is 0.662. The van der Waals surface area contributed by atoms with Crippen molar-refractivity contribution in [2.45, 2.75) is 19.9 Å². The molecule has 0 radical (unpaired) electrons. The van der Waals surface area contributed by atoms with Crippen molar-refractivity contribution in [1.82, 2.24) is 10.3 Å². The predicted molar refractivity (Wildman–Crippen MR) is 95.2 cm³/mol. The van der Waals surface area contributed by atoms with Crippen molar-refractivity contribution in [3.05, 3.63) is 47.1 Å². The molecular formula is C18H23ClN2O3. The van der Waals surface area contributed by atoms with E-state index in [0.717, 1.165) is 12.0 Å². The minimum Gasteiger partial charge on any atom is -0.493 e. The number of methoxy groups -OCH3 is 1. The molecule has 0 aliphatic heterocycles. The molecule has 130 valence electrons. The van der Waals surface area contributed by atoms with E-state index >= 15 is 0 Å². The van der Waals surface area contributed by atoms with Crippen molar-refractivity contribution < 1.29 is 14.2 Å². The van der Waals surface area contributed by atoms with Crippen molar-refractivity contribution in [3.63, 3.8) is 0 Å². The zero-order valence-electron chi connectivity index (χ0n) is 14.0. The first kappa shape index (κ1) is 18.4. The van der Waals surface area contributed by atoms with E-state index in [-0.39, 0.29) is 0 Å². The van der Waals surface area contributed by atoms with Gasteiger partial charge in [-0.2, -0.15) is 0 Å². The molecule has 0 fully saturated rings. The lowest BCUT2D eigenvalue weighted by molar-refractivity contribution is 0.293. The Morgan fingerprint density at radius 2 is 2.00 bits per heavy atom. The van der Waals surface area contributed by atoms with Gasteiger partial charge < -0.3 is 19.5 Å². The highest BCUT2D eigenvalue weighted by molar-refractivity contribution is 6.31. The molecule has 1 aromatic heterocycles. The molecule has 6 heteroatoms. The van der Waals surface area contributed by atoms with Crippen LogP contribution in [0.5, 0.6) is 17.4 Å². The number of hydrogen-bond acceptors (Lipinski definition) is 5. The van der Waals surface area contributed by atoms with Crippen LogP contribution in [0.15, 0.2) is 36.5 Å². The molecule has 1 heterocycles. The minimum absolute atomic E-state index is 0.531. The molecule has 5 nitrogen and oxygen atoms in total. The molecule has 0 saturated heterocycles. The molecule has 2 aromatic rings. The summed E-state index contributed by atoms with van der Waals surface area (Å²) in [5.74, 6) is 1.98. The Hall–Kier alpha value is -1.98. The van der Waals surface area contributed by atoms with Crippen molar-refractivity contribution >= 4 is 11.6 Å². The smallest absolute Gasteiger partial charge is 0.213 e. The van der Waals surface area contributed by atoms with Crippen molar-refractivity contribution in [1.29, 1.82) is 0 Å². The first-order valence-electron chi connectivity index (χ1n) is 7.98. The summed E-state index contributed by atoms with van der Waals surface area (Å²) >= 11 is 6.33. The van der Waals surface area contributed by atoms with Gasteiger partial charge in [0.15, 0.2) is 11.5 Å². The SMILES string of the molecule is CCCOc1cc(Cl)c(CNCCOc2ccccn2)cc1OC. The average Bonchev–Trinajstić information content (AvgIpc) is 2.61. The fourth-order valence-electron chi connectivity index (χ4n) is 2.08. The lowest BCUT2D eigenvalue weighted by atomic mass is 10.2. The summed E-state index contributed by atoms with van der Waals surface area (Å²) in [4.78, 5) is 4.10. The van der Waals surface area contributed by atoms with E-state index in [4.69, 9.17) is 25.8 Å². The van der Waals surface area contributed by atoms with Crippen LogP contribution in [0.2, 0.25) is 5.02 Å². The Labute approximate surface area is 147 Å². The zero-order chi connectivity index (χ0) is 17.2. The van der Waals surface area contributed by atoms with Crippen LogP contribution in [0.4, 0.5) is 0 Å². The molecule has 0 unspecified atom stereocenters. The highest BCUT2D eigenvalue weighted by Gasteiger charge is 2.10. The highest BCUT2D eigenvalue weighted by atomic mass is 35.5. The lowest BCUT2D eigenvalue weighted by Gasteiger charge is -2.14. The van der Waals surface area contributed by atoms with Crippen LogP contribution in [-0.4, -0.2) is 31.9 Å². The largest absolute Gasteiger partial charge is 0.493 e. The van der Waals surface area contributed by atoms with Crippen LogP contribution in [0, 0.1) is 0 Å². The summed E-state index contributed by atoms with van der Waals surface area (Å²) in [6.45, 7) is 4.52. The average molecular weight is 351 g/mol. The Kier molecular flexibility index (Phi) is 7.65. The molecule has 24 heavy (non-hydrogen) atoms. The highest BCUT2D eigenvalue weighted by Crippen LogP contribution is 2.33. The second-order valence-corrected chi connectivity index (χ2v) is 5.54. The van der Waals surface area contributed by atoms with Gasteiger partial charge in [-0.1, -0.05) is 24.6 Å². The van der Waals surface area contributed by atoms with Crippen molar-refractivity contribution in [3.8, 4) is 17.4 Å². The number of ether oxygens (including phenoxy) is 3. The number of rotatable bonds is 10. The van der Waals surface area contributed by atoms with Crippen LogP contribution in [0.3, 0.4) is 0 Å². The maximum absolute atomic E-state index is 6.33. The van der Waals surface area contributed by atoms with E-state index in [2.05, 4.69) is 17.2 Å². The summed E-state index contributed by atoms with van der Waals surface area (Å²) < 4.78 is 16.6. The number of aromatic nitrogens is 1. The van der Waals surface area contributed by atoms with Gasteiger partial charge in [0.2, 0.25) is 5.88 Å². The molecule has 0 saturated carbocycles. The summed E-state index contributed by atoms with van der Waals surface area (Å²) in [5, 5.41) is 3.95. The maximum Gasteiger partial charge on any atom is 0.213 e. The standard InChI is InChI=1S/C18H23ClN2O3/c1-3-9-23-17-12-15(19)14(11-16(17)22-2)13-20-8-10-24-18-6-4-5-7-21-18/h4-7,11-12,20H,3,8-10,13H2,1-2H3. The first-order chi connectivity index (χ1) is 11.7. The summed E-state index contributed by atoms with van der Waals surface area (Å²) in [7, 11) is 1.62. The Morgan fingerprint density at radius 3 is 2.71 bits per heavy atom. The van der Waals surface area contributed by atoms with Gasteiger partial charge in [-0.3, -0.25) is 0 Å². The normalized spacial score (nSPS) is 10.5. The number of hydrogen-bond donors (Lipinski definition) is 1. The van der Waals surface area contributed by atoms with E-state index in [1.54, 1.807) is 19.4 Å². The van der Waals surface area contributed by atoms with E-state index in [0.29, 0.717) is 48.7 Å². The molecule has 0 aliphatic carbocycles. The van der Waals surface area contributed by atoms with E-state index in [1.807, 2.05) is 24.3 Å². The fourth-order valence-corrected chi connectivity index (χ4v) is 2.30. The lowest BCUT2D eigenvalue weighted by Crippen LogP contribution is -2.21. The van der Waals surface area contributed by atoms with Gasteiger partial charge in [0.1, 0.15) is 6.61 Å². The fraction of sp³-hybridized carbons (Fsp3) is 0.389. The van der Waals surface area contributed by atoms with Gasteiger partial charge in [0, 0.05) is 36.4 Å². The Balaban J connectivity index is 1.83. The third-order valence-electron chi connectivity index (χ3n) is 3.28. The molecule has 0 spiro atoms. The van der Waals surface area contributed by atoms with Crippen molar-refractivity contribution in [2.75, 3.05) is 26.9 Å². The van der Waals surface area contributed by atoms with Crippen LogP contribution >= 0.6 is 11.6 Å². The molecular weight excluding hydrogens is 328 g/mol. The second kappa shape index (κ2) is 10.0. The summed E-state index contributed by atoms with van der Waals surface area (Å²) in [6, 6.07) is 9.28. The third kappa shape index (κ3) is 5.58. The van der Waals surface area contributed by atoms with Crippen LogP contribution in [0.25, 0.3) is 0 Å². The van der Waals surface area contributed by atoms with Gasteiger partial charge in [0.25, 0.3) is 0 Å². The van der Waals surface area contributed by atoms with E-state index < -0.39 is 0 Å². The van der Waals surface area contributed by atoms with Gasteiger partial charge in [-0.05, 0) is 24.1 Å². The van der Waals surface area contributed by atoms with Gasteiger partial charge in [-0.15, -0.1) is 0 Å². The number of benzene rings is 1. The number of halogens is 1. The molecule has 1 aromatic carbocycles. The van der Waals surface area contributed by atoms with Gasteiger partial charge >= 0.3 is 0 Å². The summed E-state index contributed by atoms with van der Waals surface area (Å²) in [6.07, 6.45) is 2.64. The molecule has 0 aliphatic rings. The number of nitrogens with one attached hydrogen (secondary N) is 1. The maximum atomic E-state index is 6.33. The predicted octanol–water partition coefficient (Wildman–Crippen LogP) is 3.70. The van der Waals surface area contributed by atoms with Crippen LogP contribution < -0.4 is 19.5 Å². The number of pyridine rings is 1. The molecule has 0 amide bonds. The third-order valence-corrected chi connectivity index (χ3v) is 3.63. The number of nitrogens with zero attached hydrogens (tertiary/aromatic N) is 1. The van der Waals surface area contributed by atoms with Crippen molar-refractivity contribution in [2.24, 2.45) is 0 Å². The Bertz CT molecular complexity index is 623. The molecule has 0 bridgehead atoms. The summed E-state index contributed by atoms with van der Waals surface area (Å²) in [5.41, 5.74) is 0.954. The first-order valence-corrected chi connectivity index (χ1v) is 8.36. The second-order valence-electron chi connectivity index (χ2n) is 5.14. The van der Waals surface area contributed by atoms with Crippen LogP contribution in [-0.2, 0) is 6.54 Å². The topological polar surface area (TPSA) is 52.6 Å². The molecule has 1 N–H and O–H groups in total. The van der Waals surface area contributed by atoms with E-state index in [9.17, 15) is 0 Å². The van der Waals surface area contributed by atoms with Gasteiger partial charge in [0.05, 0.1) is 13.7 Å². The zero-order valence-corrected chi connectivity index (χ0v) is 14.8. The molecule has 0 atom stereocenters. The Morgan fingerprint density at radius 1 is 1.12 bits per heavy atom. The van der Waals surface area contributed by atoms with Crippen LogP contribution in [0.1, 0.15) is 18.9 Å². The minimum atomic E-state index is 0.531.